The second-order valence-electron chi connectivity index (χ2n) is 8.48. The van der Waals surface area contributed by atoms with E-state index in [4.69, 9.17) is 25.8 Å². The van der Waals surface area contributed by atoms with E-state index < -0.39 is 28.7 Å². The number of aromatic nitrogens is 2. The standard InChI is InChI=1S/C28H23ClF3N5O5/c1-3-25(38)37-23-13-19-22(14-24(23)41-11-10-40-2)33-15-34-26(19)42-18-7-4-16(5-8-18)35-27(39)36-17-6-9-21(29)20(12-17)28(30,31)32/h3-9,12-15H,1,10-11H2,2H3,(H,37,38)(H2,35,36,39). The third-order valence-electron chi connectivity index (χ3n) is 5.54. The molecular formula is C28H23ClF3N5O5. The van der Waals surface area contributed by atoms with Crippen molar-refractivity contribution >= 4 is 51.5 Å². The summed E-state index contributed by atoms with van der Waals surface area (Å²) < 4.78 is 55.9. The van der Waals surface area contributed by atoms with Crippen LogP contribution in [0.2, 0.25) is 5.02 Å². The Morgan fingerprint density at radius 2 is 1.69 bits per heavy atom. The van der Waals surface area contributed by atoms with Crippen LogP contribution >= 0.6 is 11.6 Å². The Bertz CT molecular complexity index is 1620. The second-order valence-corrected chi connectivity index (χ2v) is 8.88. The molecule has 3 amide bonds. The fraction of sp³-hybridized carbons (Fsp3) is 0.143. The Kier molecular flexibility index (Phi) is 9.45. The van der Waals surface area contributed by atoms with Crippen molar-refractivity contribution in [1.82, 2.24) is 9.97 Å². The fourth-order valence-corrected chi connectivity index (χ4v) is 3.83. The van der Waals surface area contributed by atoms with Gasteiger partial charge in [-0.15, -0.1) is 0 Å². The largest absolute Gasteiger partial charge is 0.489 e. The van der Waals surface area contributed by atoms with E-state index in [0.29, 0.717) is 40.4 Å². The Balaban J connectivity index is 1.49. The lowest BCUT2D eigenvalue weighted by Crippen LogP contribution is -2.19. The van der Waals surface area contributed by atoms with Gasteiger partial charge in [-0.2, -0.15) is 13.2 Å². The first-order valence-electron chi connectivity index (χ1n) is 12.1. The van der Waals surface area contributed by atoms with E-state index >= 15 is 0 Å². The van der Waals surface area contributed by atoms with Crippen molar-refractivity contribution in [3.8, 4) is 17.4 Å². The second kappa shape index (κ2) is 13.2. The van der Waals surface area contributed by atoms with Gasteiger partial charge < -0.3 is 30.2 Å². The summed E-state index contributed by atoms with van der Waals surface area (Å²) in [7, 11) is 1.54. The van der Waals surface area contributed by atoms with Crippen LogP contribution in [0.4, 0.5) is 35.0 Å². The van der Waals surface area contributed by atoms with Gasteiger partial charge in [0, 0.05) is 24.6 Å². The number of urea groups is 1. The summed E-state index contributed by atoms with van der Waals surface area (Å²) in [4.78, 5) is 32.8. The number of benzene rings is 3. The molecular weight excluding hydrogens is 579 g/mol. The monoisotopic (exact) mass is 601 g/mol. The van der Waals surface area contributed by atoms with Crippen molar-refractivity contribution in [1.29, 1.82) is 0 Å². The topological polar surface area (TPSA) is 124 Å². The molecule has 1 aromatic heterocycles. The predicted molar refractivity (Wildman–Crippen MR) is 151 cm³/mol. The Hall–Kier alpha value is -4.88. The molecule has 0 fully saturated rings. The first-order valence-corrected chi connectivity index (χ1v) is 12.5. The van der Waals surface area contributed by atoms with Gasteiger partial charge in [0.1, 0.15) is 24.4 Å². The van der Waals surface area contributed by atoms with Crippen LogP contribution in [0, 0.1) is 0 Å². The first-order chi connectivity index (χ1) is 20.1. The number of nitrogens with one attached hydrogen (secondary N) is 3. The molecule has 0 aliphatic carbocycles. The summed E-state index contributed by atoms with van der Waals surface area (Å²) in [6.07, 6.45) is -2.25. The molecule has 0 unspecified atom stereocenters. The molecule has 14 heteroatoms. The number of alkyl halides is 3. The number of methoxy groups -OCH3 is 1. The van der Waals surface area contributed by atoms with Gasteiger partial charge in [-0.3, -0.25) is 4.79 Å². The van der Waals surface area contributed by atoms with E-state index in [1.165, 1.54) is 31.6 Å². The lowest BCUT2D eigenvalue weighted by molar-refractivity contribution is -0.137. The molecule has 3 N–H and O–H groups in total. The lowest BCUT2D eigenvalue weighted by atomic mass is 10.2. The number of fused-ring (bicyclic) bond motifs is 1. The van der Waals surface area contributed by atoms with Crippen LogP contribution < -0.4 is 25.4 Å². The highest BCUT2D eigenvalue weighted by atomic mass is 35.5. The van der Waals surface area contributed by atoms with Crippen LogP contribution in [-0.4, -0.2) is 42.2 Å². The molecule has 218 valence electrons. The highest BCUT2D eigenvalue weighted by Gasteiger charge is 2.33. The number of ether oxygens (including phenoxy) is 3. The molecule has 4 rings (SSSR count). The normalized spacial score (nSPS) is 11.1. The smallest absolute Gasteiger partial charge is 0.417 e. The van der Waals surface area contributed by atoms with E-state index in [2.05, 4.69) is 32.5 Å². The van der Waals surface area contributed by atoms with Gasteiger partial charge in [-0.05, 0) is 54.6 Å². The minimum Gasteiger partial charge on any atom is -0.489 e. The summed E-state index contributed by atoms with van der Waals surface area (Å²) in [5, 5.41) is 7.54. The van der Waals surface area contributed by atoms with E-state index in [1.54, 1.807) is 24.3 Å². The average molecular weight is 602 g/mol. The molecule has 0 saturated carbocycles. The zero-order valence-corrected chi connectivity index (χ0v) is 22.7. The number of rotatable bonds is 10. The maximum atomic E-state index is 13.1. The number of carbonyl (C=O) groups excluding carboxylic acids is 2. The number of amides is 3. The zero-order valence-electron chi connectivity index (χ0n) is 21.9. The molecule has 42 heavy (non-hydrogen) atoms. The Morgan fingerprint density at radius 1 is 0.976 bits per heavy atom. The van der Waals surface area contributed by atoms with Gasteiger partial charge in [-0.1, -0.05) is 18.2 Å². The number of hydrogen-bond donors (Lipinski definition) is 3. The number of hydrogen-bond acceptors (Lipinski definition) is 7. The van der Waals surface area contributed by atoms with Crippen LogP contribution in [0.15, 0.2) is 73.6 Å². The maximum Gasteiger partial charge on any atom is 0.417 e. The van der Waals surface area contributed by atoms with Crippen molar-refractivity contribution in [3.63, 3.8) is 0 Å². The van der Waals surface area contributed by atoms with E-state index in [0.717, 1.165) is 18.2 Å². The van der Waals surface area contributed by atoms with E-state index in [1.807, 2.05) is 0 Å². The summed E-state index contributed by atoms with van der Waals surface area (Å²) in [5.41, 5.74) is 0.0118. The van der Waals surface area contributed by atoms with Crippen LogP contribution in [0.5, 0.6) is 17.4 Å². The van der Waals surface area contributed by atoms with Gasteiger partial charge >= 0.3 is 12.2 Å². The van der Waals surface area contributed by atoms with Gasteiger partial charge in [-0.25, -0.2) is 14.8 Å². The van der Waals surface area contributed by atoms with Gasteiger partial charge in [0.2, 0.25) is 11.8 Å². The van der Waals surface area contributed by atoms with Crippen molar-refractivity contribution in [2.24, 2.45) is 0 Å². The SMILES string of the molecule is C=CC(=O)Nc1cc2c(Oc3ccc(NC(=O)Nc4ccc(Cl)c(C(F)(F)F)c4)cc3)ncnc2cc1OCCOC. The molecule has 1 heterocycles. The van der Waals surface area contributed by atoms with Crippen molar-refractivity contribution in [2.45, 2.75) is 6.18 Å². The molecule has 3 aromatic carbocycles. The van der Waals surface area contributed by atoms with Gasteiger partial charge in [0.15, 0.2) is 0 Å². The van der Waals surface area contributed by atoms with Crippen LogP contribution in [0.3, 0.4) is 0 Å². The molecule has 0 atom stereocenters. The van der Waals surface area contributed by atoms with E-state index in [9.17, 15) is 22.8 Å². The maximum absolute atomic E-state index is 13.1. The summed E-state index contributed by atoms with van der Waals surface area (Å²) in [6, 6.07) is 11.7. The molecule has 10 nitrogen and oxygen atoms in total. The van der Waals surface area contributed by atoms with Crippen LogP contribution in [-0.2, 0) is 15.7 Å². The minimum absolute atomic E-state index is 0.0873. The molecule has 0 bridgehead atoms. The third kappa shape index (κ3) is 7.65. The quantitative estimate of drug-likeness (QED) is 0.134. The molecule has 0 spiro atoms. The van der Waals surface area contributed by atoms with Crippen molar-refractivity contribution < 1.29 is 37.0 Å². The summed E-state index contributed by atoms with van der Waals surface area (Å²) in [5.74, 6) is 0.445. The Morgan fingerprint density at radius 3 is 2.38 bits per heavy atom. The predicted octanol–water partition coefficient (Wildman–Crippen LogP) is 6.89. The first kappa shape index (κ1) is 30.1. The third-order valence-corrected chi connectivity index (χ3v) is 5.87. The number of anilines is 3. The zero-order chi connectivity index (χ0) is 30.3. The number of carbonyl (C=O) groups is 2. The Labute approximate surface area is 242 Å². The highest BCUT2D eigenvalue weighted by Crippen LogP contribution is 2.37. The molecule has 0 aliphatic heterocycles. The molecule has 0 saturated heterocycles. The fourth-order valence-electron chi connectivity index (χ4n) is 3.61. The molecule has 0 aliphatic rings. The highest BCUT2D eigenvalue weighted by molar-refractivity contribution is 6.31. The van der Waals surface area contributed by atoms with Crippen molar-refractivity contribution in [2.75, 3.05) is 36.3 Å². The van der Waals surface area contributed by atoms with Gasteiger partial charge in [0.25, 0.3) is 0 Å². The number of halogens is 4. The van der Waals surface area contributed by atoms with Crippen molar-refractivity contribution in [3.05, 3.63) is 84.2 Å². The molecule has 4 aromatic rings. The molecule has 0 radical (unpaired) electrons. The van der Waals surface area contributed by atoms with E-state index in [-0.39, 0.29) is 18.2 Å². The van der Waals surface area contributed by atoms with Crippen LogP contribution in [0.1, 0.15) is 5.56 Å². The minimum atomic E-state index is -4.67. The van der Waals surface area contributed by atoms with Gasteiger partial charge in [0.05, 0.1) is 33.8 Å². The average Bonchev–Trinajstić information content (AvgIpc) is 2.95. The lowest BCUT2D eigenvalue weighted by Gasteiger charge is -2.14. The summed E-state index contributed by atoms with van der Waals surface area (Å²) >= 11 is 5.62. The van der Waals surface area contributed by atoms with Crippen LogP contribution in [0.25, 0.3) is 10.9 Å². The number of nitrogens with zero attached hydrogens (tertiary/aromatic N) is 2. The summed E-state index contributed by atoms with van der Waals surface area (Å²) in [6.45, 7) is 4.03.